The van der Waals surface area contributed by atoms with Gasteiger partial charge in [0.2, 0.25) is 0 Å². The molecule has 0 heterocycles. The van der Waals surface area contributed by atoms with Gasteiger partial charge < -0.3 is 11.1 Å². The fraction of sp³-hybridized carbons (Fsp3) is 0.0588. The molecule has 0 atom stereocenters. The predicted molar refractivity (Wildman–Crippen MR) is 87.1 cm³/mol. The minimum absolute atomic E-state index is 0.652. The van der Waals surface area contributed by atoms with Crippen LogP contribution in [0.5, 0.6) is 0 Å². The van der Waals surface area contributed by atoms with Crippen LogP contribution in [0.3, 0.4) is 0 Å². The van der Waals surface area contributed by atoms with E-state index in [4.69, 9.17) is 17.3 Å². The molecule has 0 aliphatic heterocycles. The van der Waals surface area contributed by atoms with E-state index in [1.54, 1.807) is 6.07 Å². The molecule has 0 saturated carbocycles. The van der Waals surface area contributed by atoms with Crippen molar-refractivity contribution in [1.29, 1.82) is 0 Å². The maximum atomic E-state index is 5.93. The van der Waals surface area contributed by atoms with Gasteiger partial charge in [0.1, 0.15) is 0 Å². The number of halogens is 1. The molecule has 0 spiro atoms. The van der Waals surface area contributed by atoms with Crippen molar-refractivity contribution in [3.63, 3.8) is 0 Å². The van der Waals surface area contributed by atoms with E-state index in [1.807, 2.05) is 12.1 Å². The summed E-state index contributed by atoms with van der Waals surface area (Å²) in [6.07, 6.45) is 0. The highest BCUT2D eigenvalue weighted by Crippen LogP contribution is 2.23. The van der Waals surface area contributed by atoms with Crippen LogP contribution in [0.15, 0.2) is 60.7 Å². The molecule has 3 aromatic carbocycles. The van der Waals surface area contributed by atoms with E-state index in [-0.39, 0.29) is 0 Å². The molecule has 3 N–H and O–H groups in total. The van der Waals surface area contributed by atoms with Gasteiger partial charge in [-0.3, -0.25) is 0 Å². The van der Waals surface area contributed by atoms with Gasteiger partial charge in [0.25, 0.3) is 0 Å². The van der Waals surface area contributed by atoms with Crippen molar-refractivity contribution >= 4 is 33.7 Å². The molecule has 0 aliphatic rings. The minimum atomic E-state index is 0.652. The molecule has 3 aromatic rings. The molecule has 100 valence electrons. The van der Waals surface area contributed by atoms with E-state index in [0.29, 0.717) is 10.7 Å². The van der Waals surface area contributed by atoms with Crippen LogP contribution in [-0.4, -0.2) is 0 Å². The first kappa shape index (κ1) is 12.8. The normalized spacial score (nSPS) is 10.7. The van der Waals surface area contributed by atoms with E-state index in [1.165, 1.54) is 16.3 Å². The van der Waals surface area contributed by atoms with Crippen molar-refractivity contribution in [3.8, 4) is 0 Å². The number of fused-ring (bicyclic) bond motifs is 1. The highest BCUT2D eigenvalue weighted by Gasteiger charge is 2.01. The SMILES string of the molecule is Nc1cc(Cl)ccc1NCc1ccc2ccccc2c1. The van der Waals surface area contributed by atoms with E-state index in [2.05, 4.69) is 47.8 Å². The Balaban J connectivity index is 1.79. The molecule has 0 radical (unpaired) electrons. The topological polar surface area (TPSA) is 38.0 Å². The van der Waals surface area contributed by atoms with Crippen molar-refractivity contribution in [3.05, 3.63) is 71.2 Å². The zero-order chi connectivity index (χ0) is 13.9. The molecule has 2 nitrogen and oxygen atoms in total. The second-order valence-electron chi connectivity index (χ2n) is 4.77. The number of hydrogen-bond donors (Lipinski definition) is 2. The Morgan fingerprint density at radius 1 is 0.900 bits per heavy atom. The van der Waals surface area contributed by atoms with Crippen molar-refractivity contribution in [2.45, 2.75) is 6.54 Å². The fourth-order valence-electron chi connectivity index (χ4n) is 2.24. The second kappa shape index (κ2) is 5.43. The third-order valence-electron chi connectivity index (χ3n) is 3.31. The monoisotopic (exact) mass is 282 g/mol. The summed E-state index contributed by atoms with van der Waals surface area (Å²) in [4.78, 5) is 0. The number of hydrogen-bond acceptors (Lipinski definition) is 2. The van der Waals surface area contributed by atoms with Crippen molar-refractivity contribution < 1.29 is 0 Å². The van der Waals surface area contributed by atoms with Gasteiger partial charge in [0.15, 0.2) is 0 Å². The summed E-state index contributed by atoms with van der Waals surface area (Å²) in [5, 5.41) is 6.49. The minimum Gasteiger partial charge on any atom is -0.397 e. The number of nitrogens with two attached hydrogens (primary N) is 1. The Morgan fingerprint density at radius 2 is 1.70 bits per heavy atom. The molecule has 0 saturated heterocycles. The first-order chi connectivity index (χ1) is 9.72. The van der Waals surface area contributed by atoms with E-state index < -0.39 is 0 Å². The quantitative estimate of drug-likeness (QED) is 0.684. The molecule has 0 aromatic heterocycles. The second-order valence-corrected chi connectivity index (χ2v) is 5.20. The van der Waals surface area contributed by atoms with E-state index in [9.17, 15) is 0 Å². The van der Waals surface area contributed by atoms with Gasteiger partial charge in [-0.2, -0.15) is 0 Å². The maximum absolute atomic E-state index is 5.93. The third-order valence-corrected chi connectivity index (χ3v) is 3.55. The van der Waals surface area contributed by atoms with Gasteiger partial charge in [-0.15, -0.1) is 0 Å². The molecular formula is C17H15ClN2. The maximum Gasteiger partial charge on any atom is 0.0577 e. The van der Waals surface area contributed by atoms with Crippen molar-refractivity contribution in [2.75, 3.05) is 11.1 Å². The number of nitrogens with one attached hydrogen (secondary N) is 1. The van der Waals surface area contributed by atoms with Gasteiger partial charge in [-0.25, -0.2) is 0 Å². The number of benzene rings is 3. The number of rotatable bonds is 3. The first-order valence-corrected chi connectivity index (χ1v) is 6.87. The average molecular weight is 283 g/mol. The first-order valence-electron chi connectivity index (χ1n) is 6.49. The molecule has 0 unspecified atom stereocenters. The Labute approximate surface area is 123 Å². The Hall–Kier alpha value is -2.19. The zero-order valence-electron chi connectivity index (χ0n) is 10.9. The zero-order valence-corrected chi connectivity index (χ0v) is 11.7. The molecule has 20 heavy (non-hydrogen) atoms. The Morgan fingerprint density at radius 3 is 2.50 bits per heavy atom. The van der Waals surface area contributed by atoms with Gasteiger partial charge in [0, 0.05) is 11.6 Å². The van der Waals surface area contributed by atoms with Crippen molar-refractivity contribution in [1.82, 2.24) is 0 Å². The summed E-state index contributed by atoms with van der Waals surface area (Å²) >= 11 is 5.89. The standard InChI is InChI=1S/C17H15ClN2/c18-15-7-8-17(16(19)10-15)20-11-12-5-6-13-3-1-2-4-14(13)9-12/h1-10,20H,11,19H2. The lowest BCUT2D eigenvalue weighted by Crippen LogP contribution is -2.02. The van der Waals surface area contributed by atoms with Gasteiger partial charge in [-0.05, 0) is 40.6 Å². The largest absolute Gasteiger partial charge is 0.397 e. The Kier molecular flexibility index (Phi) is 3.48. The summed E-state index contributed by atoms with van der Waals surface area (Å²) < 4.78 is 0. The van der Waals surface area contributed by atoms with Gasteiger partial charge in [-0.1, -0.05) is 48.0 Å². The van der Waals surface area contributed by atoms with Crippen molar-refractivity contribution in [2.24, 2.45) is 0 Å². The highest BCUT2D eigenvalue weighted by atomic mass is 35.5. The summed E-state index contributed by atoms with van der Waals surface area (Å²) in [5.74, 6) is 0. The highest BCUT2D eigenvalue weighted by molar-refractivity contribution is 6.31. The third kappa shape index (κ3) is 2.70. The number of anilines is 2. The Bertz CT molecular complexity index is 753. The smallest absolute Gasteiger partial charge is 0.0577 e. The van der Waals surface area contributed by atoms with Crippen LogP contribution < -0.4 is 11.1 Å². The molecule has 0 aliphatic carbocycles. The van der Waals surface area contributed by atoms with E-state index >= 15 is 0 Å². The lowest BCUT2D eigenvalue weighted by Gasteiger charge is -2.10. The molecular weight excluding hydrogens is 268 g/mol. The molecule has 3 rings (SSSR count). The molecule has 3 heteroatoms. The van der Waals surface area contributed by atoms with Gasteiger partial charge in [0.05, 0.1) is 11.4 Å². The van der Waals surface area contributed by atoms with Crippen LogP contribution in [0.1, 0.15) is 5.56 Å². The summed E-state index contributed by atoms with van der Waals surface area (Å²) in [7, 11) is 0. The number of nitrogen functional groups attached to an aromatic ring is 1. The average Bonchev–Trinajstić information content (AvgIpc) is 2.46. The molecule has 0 fully saturated rings. The van der Waals surface area contributed by atoms with Crippen LogP contribution in [0.25, 0.3) is 10.8 Å². The predicted octanol–water partition coefficient (Wildman–Crippen LogP) is 4.69. The fourth-order valence-corrected chi connectivity index (χ4v) is 2.42. The lowest BCUT2D eigenvalue weighted by atomic mass is 10.1. The molecule has 0 amide bonds. The van der Waals surface area contributed by atoms with Crippen LogP contribution in [0.2, 0.25) is 5.02 Å². The van der Waals surface area contributed by atoms with Crippen LogP contribution in [0.4, 0.5) is 11.4 Å². The summed E-state index contributed by atoms with van der Waals surface area (Å²) in [6, 6.07) is 20.3. The lowest BCUT2D eigenvalue weighted by molar-refractivity contribution is 1.16. The van der Waals surface area contributed by atoms with Gasteiger partial charge >= 0.3 is 0 Å². The molecule has 0 bridgehead atoms. The van der Waals surface area contributed by atoms with Crippen LogP contribution in [0, 0.1) is 0 Å². The summed E-state index contributed by atoms with van der Waals surface area (Å²) in [6.45, 7) is 0.733. The van der Waals surface area contributed by atoms with Crippen LogP contribution in [-0.2, 0) is 6.54 Å². The summed E-state index contributed by atoms with van der Waals surface area (Å²) in [5.41, 5.74) is 8.72. The van der Waals surface area contributed by atoms with Crippen LogP contribution >= 0.6 is 11.6 Å². The van der Waals surface area contributed by atoms with E-state index in [0.717, 1.165) is 12.2 Å².